The molecule has 0 bridgehead atoms. The van der Waals surface area contributed by atoms with Crippen molar-refractivity contribution in [3.05, 3.63) is 30.3 Å². The molecule has 1 aliphatic heterocycles. The summed E-state index contributed by atoms with van der Waals surface area (Å²) >= 11 is 0. The van der Waals surface area contributed by atoms with Gasteiger partial charge in [0.2, 0.25) is 5.91 Å². The summed E-state index contributed by atoms with van der Waals surface area (Å²) in [6.07, 6.45) is 1.70. The van der Waals surface area contributed by atoms with Crippen molar-refractivity contribution >= 4 is 17.6 Å². The van der Waals surface area contributed by atoms with E-state index in [-0.39, 0.29) is 24.3 Å². The second-order valence-corrected chi connectivity index (χ2v) is 5.39. The lowest BCUT2D eigenvalue weighted by atomic mass is 9.86. The molecule has 1 amide bonds. The lowest BCUT2D eigenvalue weighted by Gasteiger charge is -2.31. The fraction of sp³-hybridized carbons (Fsp3) is 0.500. The van der Waals surface area contributed by atoms with Crippen molar-refractivity contribution in [1.29, 1.82) is 0 Å². The molecule has 1 atom stereocenters. The number of ether oxygens (including phenoxy) is 1. The van der Waals surface area contributed by atoms with Gasteiger partial charge in [-0.15, -0.1) is 0 Å². The van der Waals surface area contributed by atoms with Crippen LogP contribution in [0.3, 0.4) is 0 Å². The number of benzene rings is 1. The number of amides is 1. The van der Waals surface area contributed by atoms with Crippen molar-refractivity contribution in [3.8, 4) is 0 Å². The Labute approximate surface area is 124 Å². The Balaban J connectivity index is 2.15. The van der Waals surface area contributed by atoms with Crippen LogP contribution < -0.4 is 4.90 Å². The molecule has 0 spiro atoms. The van der Waals surface area contributed by atoms with Gasteiger partial charge in [-0.2, -0.15) is 0 Å². The number of anilines is 1. The Bertz CT molecular complexity index is 482. The smallest absolute Gasteiger partial charge is 0.323 e. The van der Waals surface area contributed by atoms with Gasteiger partial charge in [-0.3, -0.25) is 9.59 Å². The summed E-state index contributed by atoms with van der Waals surface area (Å²) in [7, 11) is 0. The topological polar surface area (TPSA) is 66.8 Å². The summed E-state index contributed by atoms with van der Waals surface area (Å²) in [4.78, 5) is 25.1. The van der Waals surface area contributed by atoms with Gasteiger partial charge in [0.1, 0.15) is 6.54 Å². The van der Waals surface area contributed by atoms with E-state index in [1.54, 1.807) is 24.3 Å². The van der Waals surface area contributed by atoms with Crippen molar-refractivity contribution in [1.82, 2.24) is 0 Å². The molecule has 1 unspecified atom stereocenters. The Morgan fingerprint density at radius 2 is 1.90 bits per heavy atom. The molecule has 2 rings (SSSR count). The monoisotopic (exact) mass is 291 g/mol. The number of carbonyl (C=O) groups is 2. The summed E-state index contributed by atoms with van der Waals surface area (Å²) in [5, 5.41) is 9.07. The molecule has 21 heavy (non-hydrogen) atoms. The highest BCUT2D eigenvalue weighted by atomic mass is 16.5. The summed E-state index contributed by atoms with van der Waals surface area (Å²) in [6.45, 7) is 2.92. The third kappa shape index (κ3) is 4.04. The Hall–Kier alpha value is -1.88. The molecular weight excluding hydrogens is 270 g/mol. The fourth-order valence-electron chi connectivity index (χ4n) is 2.70. The SMILES string of the molecule is CC(C(=O)N(CC(=O)O)c1ccccc1)C1CCOCC1. The van der Waals surface area contributed by atoms with Gasteiger partial charge in [-0.1, -0.05) is 25.1 Å². The number of rotatable bonds is 5. The maximum absolute atomic E-state index is 12.7. The normalized spacial score (nSPS) is 17.2. The van der Waals surface area contributed by atoms with Gasteiger partial charge in [0.05, 0.1) is 0 Å². The van der Waals surface area contributed by atoms with Crippen molar-refractivity contribution in [2.24, 2.45) is 11.8 Å². The molecule has 0 aliphatic carbocycles. The van der Waals surface area contributed by atoms with E-state index in [1.165, 1.54) is 4.90 Å². The molecule has 1 heterocycles. The van der Waals surface area contributed by atoms with Gasteiger partial charge in [-0.05, 0) is 30.9 Å². The molecule has 5 nitrogen and oxygen atoms in total. The average Bonchev–Trinajstić information content (AvgIpc) is 2.53. The molecule has 0 saturated carbocycles. The predicted molar refractivity (Wildman–Crippen MR) is 79.1 cm³/mol. The quantitative estimate of drug-likeness (QED) is 0.903. The van der Waals surface area contributed by atoms with Crippen molar-refractivity contribution < 1.29 is 19.4 Å². The van der Waals surface area contributed by atoms with Gasteiger partial charge in [-0.25, -0.2) is 0 Å². The van der Waals surface area contributed by atoms with Crippen LogP contribution in [0.2, 0.25) is 0 Å². The summed E-state index contributed by atoms with van der Waals surface area (Å²) in [5.74, 6) is -1.08. The first-order valence-electron chi connectivity index (χ1n) is 7.25. The first-order valence-corrected chi connectivity index (χ1v) is 7.25. The number of carboxylic acids is 1. The fourth-order valence-corrected chi connectivity index (χ4v) is 2.70. The molecule has 1 aromatic carbocycles. The highest BCUT2D eigenvalue weighted by Crippen LogP contribution is 2.27. The molecule has 1 fully saturated rings. The Kier molecular flexibility index (Phi) is 5.33. The van der Waals surface area contributed by atoms with E-state index < -0.39 is 5.97 Å². The lowest BCUT2D eigenvalue weighted by Crippen LogP contribution is -2.42. The summed E-state index contributed by atoms with van der Waals surface area (Å²) in [6, 6.07) is 8.97. The van der Waals surface area contributed by atoms with Crippen LogP contribution in [-0.2, 0) is 14.3 Å². The number of nitrogens with zero attached hydrogens (tertiary/aromatic N) is 1. The number of aliphatic carboxylic acids is 1. The summed E-state index contributed by atoms with van der Waals surface area (Å²) in [5.41, 5.74) is 0.629. The maximum Gasteiger partial charge on any atom is 0.323 e. The minimum Gasteiger partial charge on any atom is -0.480 e. The lowest BCUT2D eigenvalue weighted by molar-refractivity contribution is -0.137. The zero-order valence-corrected chi connectivity index (χ0v) is 12.2. The molecule has 1 N–H and O–H groups in total. The number of hydrogen-bond donors (Lipinski definition) is 1. The minimum absolute atomic E-state index is 0.129. The van der Waals surface area contributed by atoms with Gasteiger partial charge in [0.15, 0.2) is 0 Å². The number of hydrogen-bond acceptors (Lipinski definition) is 3. The van der Waals surface area contributed by atoms with Crippen LogP contribution in [0.5, 0.6) is 0 Å². The van der Waals surface area contributed by atoms with Gasteiger partial charge < -0.3 is 14.7 Å². The van der Waals surface area contributed by atoms with E-state index >= 15 is 0 Å². The van der Waals surface area contributed by atoms with E-state index in [2.05, 4.69) is 0 Å². The predicted octanol–water partition coefficient (Wildman–Crippen LogP) is 2.17. The zero-order chi connectivity index (χ0) is 15.2. The third-order valence-corrected chi connectivity index (χ3v) is 3.99. The standard InChI is InChI=1S/C16H21NO4/c1-12(13-7-9-21-10-8-13)16(20)17(11-15(18)19)14-5-3-2-4-6-14/h2-6,12-13H,7-11H2,1H3,(H,18,19). The molecule has 114 valence electrons. The molecular formula is C16H21NO4. The van der Waals surface area contributed by atoms with Crippen LogP contribution in [0.4, 0.5) is 5.69 Å². The van der Waals surface area contributed by atoms with Crippen LogP contribution in [0, 0.1) is 11.8 Å². The van der Waals surface area contributed by atoms with E-state index in [0.717, 1.165) is 12.8 Å². The van der Waals surface area contributed by atoms with Gasteiger partial charge in [0.25, 0.3) is 0 Å². The molecule has 5 heteroatoms. The van der Waals surface area contributed by atoms with E-state index in [0.29, 0.717) is 18.9 Å². The van der Waals surface area contributed by atoms with E-state index in [4.69, 9.17) is 9.84 Å². The maximum atomic E-state index is 12.7. The van der Waals surface area contributed by atoms with Crippen LogP contribution in [-0.4, -0.2) is 36.7 Å². The van der Waals surface area contributed by atoms with Crippen molar-refractivity contribution in [2.75, 3.05) is 24.7 Å². The van der Waals surface area contributed by atoms with Crippen LogP contribution in [0.25, 0.3) is 0 Å². The first-order chi connectivity index (χ1) is 10.1. The number of carboxylic acid groups (broad SMARTS) is 1. The molecule has 0 aromatic heterocycles. The molecule has 1 aliphatic rings. The van der Waals surface area contributed by atoms with E-state index in [1.807, 2.05) is 13.0 Å². The zero-order valence-electron chi connectivity index (χ0n) is 12.2. The number of para-hydroxylation sites is 1. The minimum atomic E-state index is -1.01. The second kappa shape index (κ2) is 7.22. The van der Waals surface area contributed by atoms with Crippen LogP contribution >= 0.6 is 0 Å². The average molecular weight is 291 g/mol. The van der Waals surface area contributed by atoms with Gasteiger partial charge in [0, 0.05) is 24.8 Å². The van der Waals surface area contributed by atoms with Crippen LogP contribution in [0.15, 0.2) is 30.3 Å². The van der Waals surface area contributed by atoms with Crippen LogP contribution in [0.1, 0.15) is 19.8 Å². The third-order valence-electron chi connectivity index (χ3n) is 3.99. The second-order valence-electron chi connectivity index (χ2n) is 5.39. The molecule has 0 radical (unpaired) electrons. The van der Waals surface area contributed by atoms with Crippen molar-refractivity contribution in [2.45, 2.75) is 19.8 Å². The Morgan fingerprint density at radius 1 is 1.29 bits per heavy atom. The molecule has 1 saturated heterocycles. The largest absolute Gasteiger partial charge is 0.480 e. The first kappa shape index (κ1) is 15.5. The Morgan fingerprint density at radius 3 is 2.48 bits per heavy atom. The van der Waals surface area contributed by atoms with Gasteiger partial charge >= 0.3 is 5.97 Å². The number of carbonyl (C=O) groups excluding carboxylic acids is 1. The molecule has 1 aromatic rings. The van der Waals surface area contributed by atoms with E-state index in [9.17, 15) is 9.59 Å². The van der Waals surface area contributed by atoms with Crippen molar-refractivity contribution in [3.63, 3.8) is 0 Å². The summed E-state index contributed by atoms with van der Waals surface area (Å²) < 4.78 is 5.32. The highest BCUT2D eigenvalue weighted by molar-refractivity contribution is 5.98. The highest BCUT2D eigenvalue weighted by Gasteiger charge is 2.30.